The largest absolute Gasteiger partial charge is 0.378 e. The van der Waals surface area contributed by atoms with Crippen LogP contribution in [0.25, 0.3) is 0 Å². The lowest BCUT2D eigenvalue weighted by molar-refractivity contribution is 0.0165. The zero-order valence-electron chi connectivity index (χ0n) is 9.62. The Labute approximate surface area is 91.4 Å². The second-order valence-electron chi connectivity index (χ2n) is 3.92. The van der Waals surface area contributed by atoms with Gasteiger partial charge in [-0.15, -0.1) is 0 Å². The molecule has 0 aliphatic carbocycles. The maximum absolute atomic E-state index is 5.47. The molecule has 0 aromatic heterocycles. The van der Waals surface area contributed by atoms with E-state index in [1.807, 2.05) is 0 Å². The van der Waals surface area contributed by atoms with E-state index in [0.717, 1.165) is 32.4 Å². The van der Waals surface area contributed by atoms with Crippen molar-refractivity contribution in [3.8, 4) is 0 Å². The monoisotopic (exact) mass is 214 g/mol. The molecule has 15 heavy (non-hydrogen) atoms. The van der Waals surface area contributed by atoms with E-state index in [9.17, 15) is 0 Å². The van der Waals surface area contributed by atoms with E-state index in [1.54, 1.807) is 0 Å². The van der Waals surface area contributed by atoms with Crippen molar-refractivity contribution in [1.29, 1.82) is 0 Å². The van der Waals surface area contributed by atoms with Crippen LogP contribution in [0.1, 0.15) is 33.1 Å². The van der Waals surface area contributed by atoms with Crippen LogP contribution >= 0.6 is 0 Å². The number of nitrogens with two attached hydrogens (primary N) is 1. The van der Waals surface area contributed by atoms with Gasteiger partial charge in [-0.2, -0.15) is 0 Å². The molecule has 0 aromatic carbocycles. The van der Waals surface area contributed by atoms with Crippen LogP contribution < -0.4 is 16.6 Å². The van der Waals surface area contributed by atoms with Gasteiger partial charge in [-0.1, -0.05) is 6.92 Å². The van der Waals surface area contributed by atoms with Gasteiger partial charge in [0.1, 0.15) is 0 Å². The standard InChI is InChI=1S/C10H22N4O/c1-3-5-12-10(14-11)13-9-4-6-15-8(2)7-9/h8-9H,3-7,11H2,1-2H3,(H2,12,13,14). The van der Waals surface area contributed by atoms with E-state index in [1.165, 1.54) is 0 Å². The minimum atomic E-state index is 0.321. The zero-order chi connectivity index (χ0) is 11.1. The Balaban J connectivity index is 2.36. The number of guanidine groups is 1. The Hall–Kier alpha value is -0.810. The maximum atomic E-state index is 5.47. The molecule has 5 nitrogen and oxygen atoms in total. The molecule has 1 saturated heterocycles. The van der Waals surface area contributed by atoms with Crippen molar-refractivity contribution < 1.29 is 4.74 Å². The number of ether oxygens (including phenoxy) is 1. The summed E-state index contributed by atoms with van der Waals surface area (Å²) in [5.41, 5.74) is 2.60. The van der Waals surface area contributed by atoms with Gasteiger partial charge in [0.05, 0.1) is 6.10 Å². The van der Waals surface area contributed by atoms with Crippen molar-refractivity contribution in [2.45, 2.75) is 45.3 Å². The van der Waals surface area contributed by atoms with E-state index >= 15 is 0 Å². The topological polar surface area (TPSA) is 71.7 Å². The third kappa shape index (κ3) is 4.48. The summed E-state index contributed by atoms with van der Waals surface area (Å²) in [5, 5.41) is 3.30. The van der Waals surface area contributed by atoms with Gasteiger partial charge < -0.3 is 10.1 Å². The molecule has 5 heteroatoms. The number of hydrazine groups is 1. The highest BCUT2D eigenvalue weighted by Gasteiger charge is 2.19. The summed E-state index contributed by atoms with van der Waals surface area (Å²) in [6, 6.07) is 0.417. The molecule has 1 aliphatic rings. The molecule has 0 saturated carbocycles. The molecule has 0 radical (unpaired) electrons. The van der Waals surface area contributed by atoms with Crippen molar-refractivity contribution in [3.05, 3.63) is 0 Å². The summed E-state index contributed by atoms with van der Waals surface area (Å²) in [7, 11) is 0. The molecule has 1 heterocycles. The Morgan fingerprint density at radius 1 is 1.60 bits per heavy atom. The number of aliphatic imine (C=N–C) groups is 1. The third-order valence-electron chi connectivity index (χ3n) is 2.46. The van der Waals surface area contributed by atoms with Crippen LogP contribution in [0, 0.1) is 0 Å². The fraction of sp³-hybridized carbons (Fsp3) is 0.900. The first-order valence-corrected chi connectivity index (χ1v) is 5.65. The van der Waals surface area contributed by atoms with E-state index < -0.39 is 0 Å². The Kier molecular flexibility index (Phi) is 5.42. The van der Waals surface area contributed by atoms with Crippen molar-refractivity contribution in [2.75, 3.05) is 13.2 Å². The van der Waals surface area contributed by atoms with Crippen molar-refractivity contribution >= 4 is 5.96 Å². The highest BCUT2D eigenvalue weighted by Crippen LogP contribution is 2.12. The maximum Gasteiger partial charge on any atom is 0.205 e. The quantitative estimate of drug-likeness (QED) is 0.275. The average Bonchev–Trinajstić information content (AvgIpc) is 2.24. The van der Waals surface area contributed by atoms with E-state index in [4.69, 9.17) is 10.6 Å². The van der Waals surface area contributed by atoms with Crippen LogP contribution in [0.3, 0.4) is 0 Å². The third-order valence-corrected chi connectivity index (χ3v) is 2.46. The predicted octanol–water partition coefficient (Wildman–Crippen LogP) is 0.373. The lowest BCUT2D eigenvalue weighted by Gasteiger charge is -2.28. The molecule has 0 spiro atoms. The van der Waals surface area contributed by atoms with Crippen LogP contribution in [0.15, 0.2) is 4.99 Å². The summed E-state index contributed by atoms with van der Waals surface area (Å²) in [6.07, 6.45) is 3.36. The van der Waals surface area contributed by atoms with Crippen molar-refractivity contribution in [1.82, 2.24) is 10.7 Å². The Morgan fingerprint density at radius 2 is 2.40 bits per heavy atom. The average molecular weight is 214 g/mol. The first kappa shape index (κ1) is 12.3. The van der Waals surface area contributed by atoms with E-state index in [0.29, 0.717) is 18.1 Å². The fourth-order valence-electron chi connectivity index (χ4n) is 1.68. The highest BCUT2D eigenvalue weighted by molar-refractivity contribution is 5.79. The van der Waals surface area contributed by atoms with E-state index in [-0.39, 0.29) is 0 Å². The lowest BCUT2D eigenvalue weighted by Crippen LogP contribution is -2.49. The molecule has 0 bridgehead atoms. The molecular formula is C10H22N4O. The summed E-state index contributed by atoms with van der Waals surface area (Å²) < 4.78 is 5.47. The van der Waals surface area contributed by atoms with Gasteiger partial charge in [0.25, 0.3) is 0 Å². The molecule has 4 N–H and O–H groups in total. The molecule has 2 atom stereocenters. The fourth-order valence-corrected chi connectivity index (χ4v) is 1.68. The number of nitrogens with one attached hydrogen (secondary N) is 2. The second-order valence-corrected chi connectivity index (χ2v) is 3.92. The lowest BCUT2D eigenvalue weighted by atomic mass is 10.0. The molecule has 88 valence electrons. The molecule has 1 aliphatic heterocycles. The SMILES string of the molecule is CCCN=C(NN)NC1CCOC(C)C1. The van der Waals surface area contributed by atoms with Gasteiger partial charge in [0.2, 0.25) is 5.96 Å². The Bertz CT molecular complexity index is 208. The number of hydrogen-bond donors (Lipinski definition) is 3. The molecule has 0 amide bonds. The van der Waals surface area contributed by atoms with Crippen LogP contribution in [0.5, 0.6) is 0 Å². The van der Waals surface area contributed by atoms with Crippen LogP contribution in [0.2, 0.25) is 0 Å². The van der Waals surface area contributed by atoms with Gasteiger partial charge in [-0.05, 0) is 26.2 Å². The van der Waals surface area contributed by atoms with Gasteiger partial charge in [0.15, 0.2) is 0 Å². The molecule has 2 unspecified atom stereocenters. The van der Waals surface area contributed by atoms with Crippen molar-refractivity contribution in [2.24, 2.45) is 10.8 Å². The van der Waals surface area contributed by atoms with Crippen LogP contribution in [0.4, 0.5) is 0 Å². The van der Waals surface area contributed by atoms with Gasteiger partial charge >= 0.3 is 0 Å². The van der Waals surface area contributed by atoms with Crippen LogP contribution in [-0.2, 0) is 4.74 Å². The highest BCUT2D eigenvalue weighted by atomic mass is 16.5. The molecule has 0 aromatic rings. The summed E-state index contributed by atoms with van der Waals surface area (Å²) in [5.74, 6) is 6.08. The molecular weight excluding hydrogens is 192 g/mol. The number of nitrogens with zero attached hydrogens (tertiary/aromatic N) is 1. The van der Waals surface area contributed by atoms with E-state index in [2.05, 4.69) is 29.6 Å². The summed E-state index contributed by atoms with van der Waals surface area (Å²) >= 11 is 0. The summed E-state index contributed by atoms with van der Waals surface area (Å²) in [4.78, 5) is 4.31. The molecule has 1 rings (SSSR count). The first-order valence-electron chi connectivity index (χ1n) is 5.65. The Morgan fingerprint density at radius 3 is 3.00 bits per heavy atom. The minimum Gasteiger partial charge on any atom is -0.378 e. The van der Waals surface area contributed by atoms with Crippen molar-refractivity contribution in [3.63, 3.8) is 0 Å². The predicted molar refractivity (Wildman–Crippen MR) is 61.5 cm³/mol. The second kappa shape index (κ2) is 6.63. The first-order chi connectivity index (χ1) is 7.26. The minimum absolute atomic E-state index is 0.321. The smallest absolute Gasteiger partial charge is 0.205 e. The summed E-state index contributed by atoms with van der Waals surface area (Å²) in [6.45, 7) is 5.79. The van der Waals surface area contributed by atoms with Crippen LogP contribution in [-0.4, -0.2) is 31.3 Å². The van der Waals surface area contributed by atoms with Gasteiger partial charge in [-0.25, -0.2) is 5.84 Å². The number of hydrogen-bond acceptors (Lipinski definition) is 3. The zero-order valence-corrected chi connectivity index (χ0v) is 9.62. The van der Waals surface area contributed by atoms with Gasteiger partial charge in [-0.3, -0.25) is 10.4 Å². The van der Waals surface area contributed by atoms with Gasteiger partial charge in [0, 0.05) is 19.2 Å². The molecule has 1 fully saturated rings. The normalized spacial score (nSPS) is 27.5. The number of rotatable bonds is 3.